The Hall–Kier alpha value is -0.980. The van der Waals surface area contributed by atoms with Gasteiger partial charge in [0, 0.05) is 0 Å². The summed E-state index contributed by atoms with van der Waals surface area (Å²) in [5, 5.41) is 10.6. The summed E-state index contributed by atoms with van der Waals surface area (Å²) in [4.78, 5) is 0. The molecule has 0 aliphatic carbocycles. The molecule has 0 saturated carbocycles. The zero-order valence-corrected chi connectivity index (χ0v) is 25.6. The number of para-hydroxylation sites is 1. The second kappa shape index (κ2) is 25.3. The third-order valence-electron chi connectivity index (χ3n) is 8.68. The van der Waals surface area contributed by atoms with E-state index in [9.17, 15) is 5.11 Å². The Kier molecular flexibility index (Phi) is 23.3. The van der Waals surface area contributed by atoms with Crippen molar-refractivity contribution in [3.05, 3.63) is 29.8 Å². The maximum absolute atomic E-state index is 10.6. The Morgan fingerprint density at radius 1 is 0.459 bits per heavy atom. The summed E-state index contributed by atoms with van der Waals surface area (Å²) in [5.74, 6) is 2.06. The fourth-order valence-electron chi connectivity index (χ4n) is 6.18. The van der Waals surface area contributed by atoms with Gasteiger partial charge in [0.25, 0.3) is 0 Å². The monoisotopic (exact) mass is 515 g/mol. The Labute approximate surface area is 233 Å². The van der Waals surface area contributed by atoms with Gasteiger partial charge in [0.1, 0.15) is 5.75 Å². The molecule has 0 aliphatic rings. The van der Waals surface area contributed by atoms with Crippen molar-refractivity contribution >= 4 is 0 Å². The van der Waals surface area contributed by atoms with Crippen molar-refractivity contribution in [3.63, 3.8) is 0 Å². The predicted octanol–water partition coefficient (Wildman–Crippen LogP) is 12.6. The van der Waals surface area contributed by atoms with Crippen molar-refractivity contribution in [2.75, 3.05) is 0 Å². The molecule has 1 rings (SSSR count). The van der Waals surface area contributed by atoms with E-state index in [4.69, 9.17) is 0 Å². The SMILES string of the molecule is CCCCCCCCCCC(CCCCCCCCC)C(CCCCCCCC)Cc1ccccc1O. The Morgan fingerprint density at radius 2 is 0.811 bits per heavy atom. The molecule has 0 fully saturated rings. The molecule has 1 N–H and O–H groups in total. The van der Waals surface area contributed by atoms with E-state index in [0.717, 1.165) is 18.3 Å². The number of unbranched alkanes of at least 4 members (excludes halogenated alkanes) is 18. The first-order valence-corrected chi connectivity index (χ1v) is 17.0. The fraction of sp³-hybridized carbons (Fsp3) is 0.833. The number of benzene rings is 1. The zero-order chi connectivity index (χ0) is 26.8. The average Bonchev–Trinajstić information content (AvgIpc) is 2.91. The van der Waals surface area contributed by atoms with Crippen molar-refractivity contribution in [1.82, 2.24) is 0 Å². The minimum atomic E-state index is 0.511. The van der Waals surface area contributed by atoms with Gasteiger partial charge in [-0.1, -0.05) is 187 Å². The van der Waals surface area contributed by atoms with Gasteiger partial charge in [-0.05, 0) is 36.3 Å². The lowest BCUT2D eigenvalue weighted by Crippen LogP contribution is -2.18. The van der Waals surface area contributed by atoms with Crippen molar-refractivity contribution in [1.29, 1.82) is 0 Å². The largest absolute Gasteiger partial charge is 0.508 e. The van der Waals surface area contributed by atoms with Gasteiger partial charge in [-0.25, -0.2) is 0 Å². The smallest absolute Gasteiger partial charge is 0.118 e. The highest BCUT2D eigenvalue weighted by Crippen LogP contribution is 2.34. The van der Waals surface area contributed by atoms with E-state index in [2.05, 4.69) is 32.9 Å². The molecule has 0 heterocycles. The number of hydrogen-bond donors (Lipinski definition) is 1. The van der Waals surface area contributed by atoms with Crippen LogP contribution in [0.5, 0.6) is 5.75 Å². The molecule has 0 saturated heterocycles. The topological polar surface area (TPSA) is 20.2 Å². The zero-order valence-electron chi connectivity index (χ0n) is 25.6. The van der Waals surface area contributed by atoms with E-state index in [-0.39, 0.29) is 0 Å². The number of phenolic OH excluding ortho intramolecular Hbond substituents is 1. The molecule has 0 aromatic heterocycles. The van der Waals surface area contributed by atoms with Crippen LogP contribution < -0.4 is 0 Å². The van der Waals surface area contributed by atoms with Gasteiger partial charge in [0.2, 0.25) is 0 Å². The molecule has 1 aromatic rings. The van der Waals surface area contributed by atoms with Crippen LogP contribution in [0.1, 0.15) is 180 Å². The van der Waals surface area contributed by atoms with Crippen molar-refractivity contribution in [2.45, 2.75) is 181 Å². The van der Waals surface area contributed by atoms with Crippen LogP contribution in [0.15, 0.2) is 24.3 Å². The third kappa shape index (κ3) is 18.8. The second-order valence-electron chi connectivity index (χ2n) is 12.1. The molecule has 0 bridgehead atoms. The summed E-state index contributed by atoms with van der Waals surface area (Å²) in [6, 6.07) is 8.14. The minimum absolute atomic E-state index is 0.511. The number of hydrogen-bond acceptors (Lipinski definition) is 1. The molecule has 1 nitrogen and oxygen atoms in total. The van der Waals surface area contributed by atoms with Crippen LogP contribution in [0.25, 0.3) is 0 Å². The Morgan fingerprint density at radius 3 is 1.22 bits per heavy atom. The molecule has 1 aromatic carbocycles. The fourth-order valence-corrected chi connectivity index (χ4v) is 6.18. The van der Waals surface area contributed by atoms with E-state index in [1.54, 1.807) is 0 Å². The van der Waals surface area contributed by atoms with E-state index in [1.807, 2.05) is 12.1 Å². The van der Waals surface area contributed by atoms with Crippen molar-refractivity contribution < 1.29 is 5.11 Å². The molecular formula is C36H66O. The van der Waals surface area contributed by atoms with Gasteiger partial charge in [0.15, 0.2) is 0 Å². The van der Waals surface area contributed by atoms with E-state index in [0.29, 0.717) is 5.75 Å². The molecule has 0 radical (unpaired) electrons. The molecule has 0 aliphatic heterocycles. The van der Waals surface area contributed by atoms with Crippen LogP contribution in [0.4, 0.5) is 0 Å². The third-order valence-corrected chi connectivity index (χ3v) is 8.68. The summed E-state index contributed by atoms with van der Waals surface area (Å²) in [6.45, 7) is 6.93. The summed E-state index contributed by atoms with van der Waals surface area (Å²) >= 11 is 0. The van der Waals surface area contributed by atoms with Gasteiger partial charge < -0.3 is 5.11 Å². The second-order valence-corrected chi connectivity index (χ2v) is 12.1. The minimum Gasteiger partial charge on any atom is -0.508 e. The van der Waals surface area contributed by atoms with Crippen LogP contribution >= 0.6 is 0 Å². The number of phenols is 1. The Balaban J connectivity index is 2.67. The maximum Gasteiger partial charge on any atom is 0.118 e. The highest BCUT2D eigenvalue weighted by Gasteiger charge is 2.22. The van der Waals surface area contributed by atoms with Crippen LogP contribution in [-0.2, 0) is 6.42 Å². The van der Waals surface area contributed by atoms with Gasteiger partial charge in [-0.2, -0.15) is 0 Å². The van der Waals surface area contributed by atoms with Crippen molar-refractivity contribution in [3.8, 4) is 5.75 Å². The first-order chi connectivity index (χ1) is 18.2. The first-order valence-electron chi connectivity index (χ1n) is 17.0. The molecule has 2 unspecified atom stereocenters. The van der Waals surface area contributed by atoms with E-state index in [1.165, 1.54) is 160 Å². The summed E-state index contributed by atoms with van der Waals surface area (Å²) in [6.07, 6.45) is 34.6. The molecule has 1 heteroatoms. The Bertz CT molecular complexity index is 594. The molecule has 37 heavy (non-hydrogen) atoms. The molecule has 216 valence electrons. The predicted molar refractivity (Wildman–Crippen MR) is 167 cm³/mol. The summed E-state index contributed by atoms with van der Waals surface area (Å²) < 4.78 is 0. The quantitative estimate of drug-likeness (QED) is 0.116. The molecular weight excluding hydrogens is 448 g/mol. The highest BCUT2D eigenvalue weighted by molar-refractivity contribution is 5.32. The van der Waals surface area contributed by atoms with E-state index < -0.39 is 0 Å². The van der Waals surface area contributed by atoms with Gasteiger partial charge in [-0.15, -0.1) is 0 Å². The van der Waals surface area contributed by atoms with Gasteiger partial charge in [-0.3, -0.25) is 0 Å². The summed E-state index contributed by atoms with van der Waals surface area (Å²) in [5.41, 5.74) is 1.18. The summed E-state index contributed by atoms with van der Waals surface area (Å²) in [7, 11) is 0. The van der Waals surface area contributed by atoms with Crippen LogP contribution in [0.3, 0.4) is 0 Å². The number of rotatable bonds is 27. The lowest BCUT2D eigenvalue weighted by atomic mass is 9.77. The van der Waals surface area contributed by atoms with Crippen LogP contribution in [0.2, 0.25) is 0 Å². The van der Waals surface area contributed by atoms with Crippen LogP contribution in [0, 0.1) is 11.8 Å². The van der Waals surface area contributed by atoms with Crippen molar-refractivity contribution in [2.24, 2.45) is 11.8 Å². The van der Waals surface area contributed by atoms with Crippen LogP contribution in [-0.4, -0.2) is 5.11 Å². The maximum atomic E-state index is 10.6. The average molecular weight is 515 g/mol. The normalized spacial score (nSPS) is 13.2. The highest BCUT2D eigenvalue weighted by atomic mass is 16.3. The first kappa shape index (κ1) is 34.0. The van der Waals surface area contributed by atoms with E-state index >= 15 is 0 Å². The standard InChI is InChI=1S/C36H66O/c1-4-7-10-13-16-18-21-23-28-33(27-22-20-17-14-11-8-5-2)34(29-24-19-15-12-9-6-3)32-35-30-25-26-31-36(35)37/h25-26,30-31,33-34,37H,4-24,27-29,32H2,1-3H3. The van der Waals surface area contributed by atoms with Gasteiger partial charge >= 0.3 is 0 Å². The van der Waals surface area contributed by atoms with Gasteiger partial charge in [0.05, 0.1) is 0 Å². The number of aromatic hydroxyl groups is 1. The molecule has 0 spiro atoms. The lowest BCUT2D eigenvalue weighted by molar-refractivity contribution is 0.252. The molecule has 0 amide bonds. The lowest BCUT2D eigenvalue weighted by Gasteiger charge is -2.28. The molecule has 2 atom stereocenters.